The molecule has 10 rings (SSSR count). The SMILES string of the molecule is c1ccc(-c2c3c(c(-c4ccccc4)c4ccccc24)-c2ccc(N(c4ccccc4)c4cccc5ccncc45)c4cccc-3c24)cc1. The summed E-state index contributed by atoms with van der Waals surface area (Å²) in [6, 6.07) is 61.6. The van der Waals surface area contributed by atoms with E-state index in [1.165, 1.54) is 71.4 Å². The first-order chi connectivity index (χ1) is 24.4. The molecule has 1 aromatic heterocycles. The quantitative estimate of drug-likeness (QED) is 0.190. The third kappa shape index (κ3) is 4.17. The molecule has 0 N–H and O–H groups in total. The van der Waals surface area contributed by atoms with E-state index in [0.29, 0.717) is 0 Å². The summed E-state index contributed by atoms with van der Waals surface area (Å²) in [4.78, 5) is 6.95. The zero-order chi connectivity index (χ0) is 32.3. The predicted molar refractivity (Wildman–Crippen MR) is 207 cm³/mol. The van der Waals surface area contributed by atoms with Crippen molar-refractivity contribution in [1.29, 1.82) is 0 Å². The van der Waals surface area contributed by atoms with Crippen molar-refractivity contribution in [3.63, 3.8) is 0 Å². The first kappa shape index (κ1) is 27.6. The van der Waals surface area contributed by atoms with Crippen molar-refractivity contribution in [1.82, 2.24) is 4.98 Å². The lowest BCUT2D eigenvalue weighted by atomic mass is 9.82. The highest BCUT2D eigenvalue weighted by molar-refractivity contribution is 6.29. The molecule has 2 nitrogen and oxygen atoms in total. The Morgan fingerprint density at radius 3 is 1.59 bits per heavy atom. The fourth-order valence-corrected chi connectivity index (χ4v) is 8.07. The molecule has 0 unspecified atom stereocenters. The topological polar surface area (TPSA) is 16.1 Å². The van der Waals surface area contributed by atoms with E-state index in [1.54, 1.807) is 0 Å². The lowest BCUT2D eigenvalue weighted by Gasteiger charge is -2.28. The Labute approximate surface area is 285 Å². The van der Waals surface area contributed by atoms with Crippen LogP contribution < -0.4 is 4.90 Å². The molecule has 1 heterocycles. The maximum atomic E-state index is 4.55. The van der Waals surface area contributed by atoms with Crippen LogP contribution in [-0.2, 0) is 0 Å². The maximum absolute atomic E-state index is 4.55. The number of para-hydroxylation sites is 1. The van der Waals surface area contributed by atoms with Crippen LogP contribution in [0.25, 0.3) is 76.8 Å². The molecule has 0 fully saturated rings. The summed E-state index contributed by atoms with van der Waals surface area (Å²) < 4.78 is 0. The van der Waals surface area contributed by atoms with Crippen LogP contribution in [0.1, 0.15) is 0 Å². The molecule has 9 aromatic rings. The number of hydrogen-bond donors (Lipinski definition) is 0. The second kappa shape index (κ2) is 11.0. The molecule has 0 bridgehead atoms. The maximum Gasteiger partial charge on any atom is 0.0555 e. The van der Waals surface area contributed by atoms with Gasteiger partial charge < -0.3 is 4.90 Å². The molecule has 0 amide bonds. The van der Waals surface area contributed by atoms with Gasteiger partial charge in [0.15, 0.2) is 0 Å². The Bertz CT molecular complexity index is 2600. The minimum absolute atomic E-state index is 1.11. The molecule has 0 atom stereocenters. The number of hydrogen-bond acceptors (Lipinski definition) is 2. The monoisotopic (exact) mass is 622 g/mol. The highest BCUT2D eigenvalue weighted by Gasteiger charge is 2.32. The van der Waals surface area contributed by atoms with Crippen molar-refractivity contribution in [3.8, 4) is 44.5 Å². The zero-order valence-corrected chi connectivity index (χ0v) is 26.7. The number of fused-ring (bicyclic) bond motifs is 5. The number of nitrogens with zero attached hydrogens (tertiary/aromatic N) is 2. The molecular formula is C47H30N2. The highest BCUT2D eigenvalue weighted by atomic mass is 15.1. The van der Waals surface area contributed by atoms with Gasteiger partial charge >= 0.3 is 0 Å². The Morgan fingerprint density at radius 1 is 0.367 bits per heavy atom. The molecule has 0 radical (unpaired) electrons. The molecule has 0 aliphatic heterocycles. The van der Waals surface area contributed by atoms with E-state index in [-0.39, 0.29) is 0 Å². The Hall–Kier alpha value is -6.51. The van der Waals surface area contributed by atoms with Crippen LogP contribution in [0, 0.1) is 0 Å². The summed E-state index contributed by atoms with van der Waals surface area (Å²) in [6.07, 6.45) is 3.86. The van der Waals surface area contributed by atoms with Crippen molar-refractivity contribution in [2.24, 2.45) is 0 Å². The second-order valence-corrected chi connectivity index (χ2v) is 12.7. The Kier molecular flexibility index (Phi) is 6.22. The fraction of sp³-hybridized carbons (Fsp3) is 0. The van der Waals surface area contributed by atoms with Gasteiger partial charge in [-0.1, -0.05) is 140 Å². The average molecular weight is 623 g/mol. The molecule has 8 aromatic carbocycles. The smallest absolute Gasteiger partial charge is 0.0555 e. The third-order valence-corrected chi connectivity index (χ3v) is 10.1. The van der Waals surface area contributed by atoms with Gasteiger partial charge in [0.1, 0.15) is 0 Å². The molecule has 228 valence electrons. The Morgan fingerprint density at radius 2 is 0.918 bits per heavy atom. The average Bonchev–Trinajstić information content (AvgIpc) is 3.50. The molecule has 0 spiro atoms. The van der Waals surface area contributed by atoms with Gasteiger partial charge in [-0.2, -0.15) is 0 Å². The van der Waals surface area contributed by atoms with Crippen molar-refractivity contribution in [3.05, 3.63) is 182 Å². The minimum Gasteiger partial charge on any atom is -0.309 e. The van der Waals surface area contributed by atoms with Crippen LogP contribution in [-0.4, -0.2) is 4.98 Å². The summed E-state index contributed by atoms with van der Waals surface area (Å²) in [5.41, 5.74) is 13.6. The van der Waals surface area contributed by atoms with Crippen LogP contribution in [0.15, 0.2) is 182 Å². The van der Waals surface area contributed by atoms with Crippen molar-refractivity contribution >= 4 is 49.4 Å². The molecule has 1 aliphatic rings. The Balaban J connectivity index is 1.34. The lowest BCUT2D eigenvalue weighted by molar-refractivity contribution is 1.30. The van der Waals surface area contributed by atoms with Crippen molar-refractivity contribution in [2.75, 3.05) is 4.90 Å². The normalized spacial score (nSPS) is 11.7. The molecular weight excluding hydrogens is 593 g/mol. The molecule has 49 heavy (non-hydrogen) atoms. The standard InChI is InChI=1S/C47H30N2/c1-4-14-32(15-5-1)43-35-21-10-11-22-36(35)44(33-16-6-2-7-17-33)47-39-26-27-42(37-23-13-24-38(45(37)39)46(43)47)49(34-19-8-3-9-20-34)41-25-12-18-31-28-29-48-30-40(31)41/h1-30H. The number of pyridine rings is 1. The van der Waals surface area contributed by atoms with Gasteiger partial charge in [0.25, 0.3) is 0 Å². The highest BCUT2D eigenvalue weighted by Crippen LogP contribution is 2.59. The summed E-state index contributed by atoms with van der Waals surface area (Å²) in [5, 5.41) is 7.33. The van der Waals surface area contributed by atoms with E-state index in [1.807, 2.05) is 12.4 Å². The van der Waals surface area contributed by atoms with E-state index in [4.69, 9.17) is 0 Å². The van der Waals surface area contributed by atoms with Gasteiger partial charge in [-0.15, -0.1) is 0 Å². The van der Waals surface area contributed by atoms with E-state index < -0.39 is 0 Å². The number of aromatic nitrogens is 1. The first-order valence-electron chi connectivity index (χ1n) is 16.8. The first-order valence-corrected chi connectivity index (χ1v) is 16.8. The van der Waals surface area contributed by atoms with Gasteiger partial charge in [0, 0.05) is 28.9 Å². The number of rotatable bonds is 5. The van der Waals surface area contributed by atoms with Crippen LogP contribution in [0.5, 0.6) is 0 Å². The van der Waals surface area contributed by atoms with Crippen LogP contribution in [0.4, 0.5) is 17.1 Å². The molecule has 0 saturated carbocycles. The van der Waals surface area contributed by atoms with Gasteiger partial charge in [-0.3, -0.25) is 4.98 Å². The fourth-order valence-electron chi connectivity index (χ4n) is 8.07. The zero-order valence-electron chi connectivity index (χ0n) is 26.7. The largest absolute Gasteiger partial charge is 0.309 e. The van der Waals surface area contributed by atoms with Crippen LogP contribution >= 0.6 is 0 Å². The van der Waals surface area contributed by atoms with E-state index in [2.05, 4.69) is 180 Å². The van der Waals surface area contributed by atoms with E-state index in [0.717, 1.165) is 22.4 Å². The summed E-state index contributed by atoms with van der Waals surface area (Å²) in [5.74, 6) is 0. The van der Waals surface area contributed by atoms with Crippen molar-refractivity contribution in [2.45, 2.75) is 0 Å². The summed E-state index contributed by atoms with van der Waals surface area (Å²) >= 11 is 0. The van der Waals surface area contributed by atoms with Crippen LogP contribution in [0.2, 0.25) is 0 Å². The molecule has 0 saturated heterocycles. The van der Waals surface area contributed by atoms with Gasteiger partial charge in [-0.25, -0.2) is 0 Å². The molecule has 2 heteroatoms. The molecule has 1 aliphatic carbocycles. The minimum atomic E-state index is 1.11. The van der Waals surface area contributed by atoms with Crippen molar-refractivity contribution < 1.29 is 0 Å². The van der Waals surface area contributed by atoms with Crippen LogP contribution in [0.3, 0.4) is 0 Å². The lowest BCUT2D eigenvalue weighted by Crippen LogP contribution is -2.11. The third-order valence-electron chi connectivity index (χ3n) is 10.1. The second-order valence-electron chi connectivity index (χ2n) is 12.7. The van der Waals surface area contributed by atoms with Gasteiger partial charge in [0.05, 0.1) is 11.4 Å². The van der Waals surface area contributed by atoms with E-state index in [9.17, 15) is 0 Å². The number of anilines is 3. The van der Waals surface area contributed by atoms with E-state index >= 15 is 0 Å². The summed E-state index contributed by atoms with van der Waals surface area (Å²) in [7, 11) is 0. The number of benzene rings is 8. The predicted octanol–water partition coefficient (Wildman–Crippen LogP) is 13.0. The van der Waals surface area contributed by atoms with Gasteiger partial charge in [-0.05, 0) is 96.4 Å². The van der Waals surface area contributed by atoms with Gasteiger partial charge in [0.2, 0.25) is 0 Å². The summed E-state index contributed by atoms with van der Waals surface area (Å²) in [6.45, 7) is 0.